The van der Waals surface area contributed by atoms with E-state index in [0.717, 1.165) is 6.42 Å². The topological polar surface area (TPSA) is 57.6 Å². The summed E-state index contributed by atoms with van der Waals surface area (Å²) in [6.07, 6.45) is 2.43. The molecule has 0 heterocycles. The predicted octanol–water partition coefficient (Wildman–Crippen LogP) is 0.742. The van der Waals surface area contributed by atoms with Crippen molar-refractivity contribution in [2.24, 2.45) is 11.8 Å². The molecule has 0 aromatic carbocycles. The van der Waals surface area contributed by atoms with E-state index in [9.17, 15) is 9.59 Å². The average molecular weight is 197 g/mol. The van der Waals surface area contributed by atoms with E-state index in [4.69, 9.17) is 5.11 Å². The molecule has 14 heavy (non-hydrogen) atoms. The second-order valence-corrected chi connectivity index (χ2v) is 3.72. The summed E-state index contributed by atoms with van der Waals surface area (Å²) in [5.41, 5.74) is 0. The molecule has 1 saturated carbocycles. The first-order valence-electron chi connectivity index (χ1n) is 4.67. The van der Waals surface area contributed by atoms with E-state index in [-0.39, 0.29) is 18.4 Å². The van der Waals surface area contributed by atoms with Crippen LogP contribution in [0.4, 0.5) is 0 Å². The first-order valence-corrected chi connectivity index (χ1v) is 4.67. The molecule has 0 aliphatic heterocycles. The zero-order chi connectivity index (χ0) is 10.7. The second-order valence-electron chi connectivity index (χ2n) is 3.72. The third kappa shape index (κ3) is 2.58. The second kappa shape index (κ2) is 4.26. The molecular weight excluding hydrogens is 182 g/mol. The minimum Gasteiger partial charge on any atom is -0.480 e. The SMILES string of the molecule is C=CCN(CC(=O)O)C(=O)C1CC1C. The van der Waals surface area contributed by atoms with Gasteiger partial charge in [-0.15, -0.1) is 6.58 Å². The van der Waals surface area contributed by atoms with Crippen LogP contribution in [0, 0.1) is 11.8 Å². The van der Waals surface area contributed by atoms with Crippen molar-refractivity contribution in [1.29, 1.82) is 0 Å². The Balaban J connectivity index is 2.52. The summed E-state index contributed by atoms with van der Waals surface area (Å²) in [6, 6.07) is 0. The van der Waals surface area contributed by atoms with Crippen molar-refractivity contribution in [2.75, 3.05) is 13.1 Å². The van der Waals surface area contributed by atoms with E-state index in [0.29, 0.717) is 12.5 Å². The minimum absolute atomic E-state index is 0.0364. The summed E-state index contributed by atoms with van der Waals surface area (Å²) >= 11 is 0. The number of rotatable bonds is 5. The lowest BCUT2D eigenvalue weighted by molar-refractivity contribution is -0.144. The van der Waals surface area contributed by atoms with Gasteiger partial charge in [0.1, 0.15) is 6.54 Å². The van der Waals surface area contributed by atoms with Crippen molar-refractivity contribution < 1.29 is 14.7 Å². The average Bonchev–Trinajstić information content (AvgIpc) is 2.80. The quantitative estimate of drug-likeness (QED) is 0.661. The van der Waals surface area contributed by atoms with E-state index < -0.39 is 5.97 Å². The van der Waals surface area contributed by atoms with Crippen LogP contribution >= 0.6 is 0 Å². The molecule has 1 aliphatic rings. The minimum atomic E-state index is -0.978. The lowest BCUT2D eigenvalue weighted by Gasteiger charge is -2.18. The highest BCUT2D eigenvalue weighted by Gasteiger charge is 2.41. The molecule has 0 radical (unpaired) electrons. The molecule has 0 aromatic heterocycles. The Morgan fingerprint density at radius 1 is 1.64 bits per heavy atom. The van der Waals surface area contributed by atoms with Crippen LogP contribution in [0.2, 0.25) is 0 Å². The Morgan fingerprint density at radius 3 is 2.57 bits per heavy atom. The molecular formula is C10H15NO3. The largest absolute Gasteiger partial charge is 0.480 e. The van der Waals surface area contributed by atoms with Crippen molar-refractivity contribution in [3.05, 3.63) is 12.7 Å². The van der Waals surface area contributed by atoms with E-state index in [1.165, 1.54) is 4.90 Å². The molecule has 4 heteroatoms. The fourth-order valence-corrected chi connectivity index (χ4v) is 1.45. The van der Waals surface area contributed by atoms with Gasteiger partial charge in [0.05, 0.1) is 0 Å². The van der Waals surface area contributed by atoms with Gasteiger partial charge in [-0.3, -0.25) is 9.59 Å². The van der Waals surface area contributed by atoms with Crippen molar-refractivity contribution in [3.8, 4) is 0 Å². The van der Waals surface area contributed by atoms with Crippen LogP contribution < -0.4 is 0 Å². The zero-order valence-corrected chi connectivity index (χ0v) is 8.27. The summed E-state index contributed by atoms with van der Waals surface area (Å²) in [7, 11) is 0. The first-order chi connectivity index (χ1) is 6.56. The third-order valence-corrected chi connectivity index (χ3v) is 2.41. The van der Waals surface area contributed by atoms with E-state index in [1.807, 2.05) is 6.92 Å². The third-order valence-electron chi connectivity index (χ3n) is 2.41. The van der Waals surface area contributed by atoms with Crippen molar-refractivity contribution in [3.63, 3.8) is 0 Å². The Labute approximate surface area is 83.2 Å². The highest BCUT2D eigenvalue weighted by Crippen LogP contribution is 2.39. The molecule has 2 atom stereocenters. The number of carbonyl (C=O) groups excluding carboxylic acids is 1. The van der Waals surface area contributed by atoms with Gasteiger partial charge in [-0.1, -0.05) is 13.0 Å². The van der Waals surface area contributed by atoms with Crippen LogP contribution in [-0.2, 0) is 9.59 Å². The summed E-state index contributed by atoms with van der Waals surface area (Å²) in [5, 5.41) is 8.60. The van der Waals surface area contributed by atoms with Crippen LogP contribution in [0.5, 0.6) is 0 Å². The van der Waals surface area contributed by atoms with Crippen molar-refractivity contribution in [2.45, 2.75) is 13.3 Å². The molecule has 4 nitrogen and oxygen atoms in total. The Hall–Kier alpha value is -1.32. The molecule has 0 bridgehead atoms. The molecule has 0 aromatic rings. The van der Waals surface area contributed by atoms with Crippen molar-refractivity contribution in [1.82, 2.24) is 4.90 Å². The lowest BCUT2D eigenvalue weighted by Crippen LogP contribution is -2.37. The van der Waals surface area contributed by atoms with Crippen LogP contribution in [0.15, 0.2) is 12.7 Å². The number of hydrogen-bond acceptors (Lipinski definition) is 2. The molecule has 1 fully saturated rings. The smallest absolute Gasteiger partial charge is 0.323 e. The maximum Gasteiger partial charge on any atom is 0.323 e. The summed E-state index contributed by atoms with van der Waals surface area (Å²) < 4.78 is 0. The summed E-state index contributed by atoms with van der Waals surface area (Å²) in [6.45, 7) is 5.58. The zero-order valence-electron chi connectivity index (χ0n) is 8.27. The van der Waals surface area contributed by atoms with E-state index in [1.54, 1.807) is 6.08 Å². The number of carbonyl (C=O) groups is 2. The number of carboxylic acids is 1. The van der Waals surface area contributed by atoms with Crippen molar-refractivity contribution >= 4 is 11.9 Å². The van der Waals surface area contributed by atoms with Crippen LogP contribution in [0.3, 0.4) is 0 Å². The summed E-state index contributed by atoms with van der Waals surface area (Å²) in [5.74, 6) is -0.591. The molecule has 2 unspecified atom stereocenters. The highest BCUT2D eigenvalue weighted by atomic mass is 16.4. The highest BCUT2D eigenvalue weighted by molar-refractivity contribution is 5.85. The van der Waals surface area contributed by atoms with Gasteiger partial charge >= 0.3 is 5.97 Å². The van der Waals surface area contributed by atoms with Gasteiger partial charge in [-0.25, -0.2) is 0 Å². The standard InChI is InChI=1S/C10H15NO3/c1-3-4-11(6-9(12)13)10(14)8-5-7(8)2/h3,7-8H,1,4-6H2,2H3,(H,12,13). The number of nitrogens with zero attached hydrogens (tertiary/aromatic N) is 1. The number of carboxylic acid groups (broad SMARTS) is 1. The lowest BCUT2D eigenvalue weighted by atomic mass is 10.3. The monoisotopic (exact) mass is 197 g/mol. The van der Waals surface area contributed by atoms with Gasteiger partial charge in [-0.2, -0.15) is 0 Å². The van der Waals surface area contributed by atoms with Gasteiger partial charge < -0.3 is 10.0 Å². The molecule has 0 saturated heterocycles. The van der Waals surface area contributed by atoms with Gasteiger partial charge in [0, 0.05) is 12.5 Å². The maximum absolute atomic E-state index is 11.7. The van der Waals surface area contributed by atoms with E-state index in [2.05, 4.69) is 6.58 Å². The Bertz CT molecular complexity index is 262. The van der Waals surface area contributed by atoms with Crippen LogP contribution in [0.25, 0.3) is 0 Å². The van der Waals surface area contributed by atoms with Gasteiger partial charge in [0.15, 0.2) is 0 Å². The normalized spacial score (nSPS) is 24.1. The van der Waals surface area contributed by atoms with Crippen LogP contribution in [-0.4, -0.2) is 35.0 Å². The van der Waals surface area contributed by atoms with Crippen LogP contribution in [0.1, 0.15) is 13.3 Å². The number of aliphatic carboxylic acids is 1. The fourth-order valence-electron chi connectivity index (χ4n) is 1.45. The molecule has 1 aliphatic carbocycles. The van der Waals surface area contributed by atoms with Gasteiger partial charge in [0.25, 0.3) is 0 Å². The maximum atomic E-state index is 11.7. The summed E-state index contributed by atoms with van der Waals surface area (Å²) in [4.78, 5) is 23.5. The van der Waals surface area contributed by atoms with Gasteiger partial charge in [0.2, 0.25) is 5.91 Å². The molecule has 1 amide bonds. The molecule has 0 spiro atoms. The molecule has 1 N–H and O–H groups in total. The Morgan fingerprint density at radius 2 is 2.21 bits per heavy atom. The molecule has 1 rings (SSSR count). The fraction of sp³-hybridized carbons (Fsp3) is 0.600. The van der Waals surface area contributed by atoms with E-state index >= 15 is 0 Å². The Kier molecular flexibility index (Phi) is 3.28. The first kappa shape index (κ1) is 10.8. The van der Waals surface area contributed by atoms with Gasteiger partial charge in [-0.05, 0) is 12.3 Å². The number of hydrogen-bond donors (Lipinski definition) is 1. The molecule has 78 valence electrons. The predicted molar refractivity (Wildman–Crippen MR) is 51.7 cm³/mol. The number of amides is 1.